The third kappa shape index (κ3) is 2.29. The second kappa shape index (κ2) is 4.55. The van der Waals surface area contributed by atoms with Crippen molar-refractivity contribution < 1.29 is 13.9 Å². The van der Waals surface area contributed by atoms with Crippen LogP contribution >= 0.6 is 0 Å². The van der Waals surface area contributed by atoms with E-state index in [1.807, 2.05) is 0 Å². The molecule has 1 atom stereocenters. The molecule has 0 spiro atoms. The first-order chi connectivity index (χ1) is 8.09. The van der Waals surface area contributed by atoms with Crippen molar-refractivity contribution >= 4 is 0 Å². The molecule has 0 saturated heterocycles. The van der Waals surface area contributed by atoms with Crippen LogP contribution in [-0.4, -0.2) is 15.1 Å². The van der Waals surface area contributed by atoms with Crippen LogP contribution in [-0.2, 0) is 0 Å². The van der Waals surface area contributed by atoms with Crippen molar-refractivity contribution in [3.05, 3.63) is 48.1 Å². The van der Waals surface area contributed by atoms with Crippen LogP contribution < -0.4 is 0 Å². The molecular weight excluding hydrogens is 226 g/mol. The second-order valence-corrected chi connectivity index (χ2v) is 3.66. The first-order valence-corrected chi connectivity index (χ1v) is 5.02. The van der Waals surface area contributed by atoms with Crippen LogP contribution in [0.4, 0.5) is 8.78 Å². The van der Waals surface area contributed by atoms with Gasteiger partial charge in [0.25, 0.3) is 0 Å². The number of hydrogen-bond acceptors (Lipinski definition) is 3. The van der Waals surface area contributed by atoms with Crippen LogP contribution in [0.25, 0.3) is 11.1 Å². The van der Waals surface area contributed by atoms with Gasteiger partial charge in [0.1, 0.15) is 18.0 Å². The van der Waals surface area contributed by atoms with E-state index in [2.05, 4.69) is 9.97 Å². The Labute approximate surface area is 96.8 Å². The molecule has 0 fully saturated rings. The normalized spacial score (nSPS) is 12.5. The zero-order chi connectivity index (χ0) is 12.4. The molecule has 1 N–H and O–H groups in total. The van der Waals surface area contributed by atoms with Crippen molar-refractivity contribution in [1.82, 2.24) is 9.97 Å². The molecule has 88 valence electrons. The molecule has 1 unspecified atom stereocenters. The highest BCUT2D eigenvalue weighted by atomic mass is 19.1. The molecule has 0 bridgehead atoms. The lowest BCUT2D eigenvalue weighted by molar-refractivity contribution is 0.194. The Morgan fingerprint density at radius 1 is 1.12 bits per heavy atom. The van der Waals surface area contributed by atoms with E-state index >= 15 is 0 Å². The minimum Gasteiger partial charge on any atom is -0.389 e. The summed E-state index contributed by atoms with van der Waals surface area (Å²) >= 11 is 0. The maximum Gasteiger partial charge on any atom is 0.134 e. The molecule has 0 radical (unpaired) electrons. The number of aliphatic hydroxyl groups is 1. The number of nitrogens with zero attached hydrogens (tertiary/aromatic N) is 2. The van der Waals surface area contributed by atoms with Crippen LogP contribution in [0.5, 0.6) is 0 Å². The van der Waals surface area contributed by atoms with Crippen LogP contribution in [0.3, 0.4) is 0 Å². The summed E-state index contributed by atoms with van der Waals surface area (Å²) in [6.45, 7) is 1.42. The first kappa shape index (κ1) is 11.6. The largest absolute Gasteiger partial charge is 0.389 e. The topological polar surface area (TPSA) is 46.0 Å². The van der Waals surface area contributed by atoms with Crippen LogP contribution in [0, 0.1) is 11.6 Å². The van der Waals surface area contributed by atoms with E-state index in [-0.39, 0.29) is 11.1 Å². The zero-order valence-electron chi connectivity index (χ0n) is 9.06. The van der Waals surface area contributed by atoms with E-state index in [4.69, 9.17) is 0 Å². The molecule has 17 heavy (non-hydrogen) atoms. The minimum atomic E-state index is -1.00. The number of aliphatic hydroxyl groups excluding tert-OH is 1. The average Bonchev–Trinajstić information content (AvgIpc) is 2.29. The molecule has 1 aromatic carbocycles. The van der Waals surface area contributed by atoms with E-state index < -0.39 is 17.7 Å². The number of benzene rings is 1. The highest BCUT2D eigenvalue weighted by molar-refractivity contribution is 5.63. The molecule has 3 nitrogen and oxygen atoms in total. The summed E-state index contributed by atoms with van der Waals surface area (Å²) in [5.41, 5.74) is 0.653. The molecule has 1 aromatic heterocycles. The van der Waals surface area contributed by atoms with E-state index in [1.165, 1.54) is 31.7 Å². The van der Waals surface area contributed by atoms with Gasteiger partial charge in [-0.15, -0.1) is 0 Å². The monoisotopic (exact) mass is 236 g/mol. The number of rotatable bonds is 2. The van der Waals surface area contributed by atoms with Crippen LogP contribution in [0.15, 0.2) is 30.9 Å². The number of halogens is 2. The van der Waals surface area contributed by atoms with Gasteiger partial charge in [-0.25, -0.2) is 18.7 Å². The third-order valence-electron chi connectivity index (χ3n) is 2.41. The quantitative estimate of drug-likeness (QED) is 0.871. The summed E-state index contributed by atoms with van der Waals surface area (Å²) in [6, 6.07) is 2.03. The van der Waals surface area contributed by atoms with Crippen molar-refractivity contribution in [2.75, 3.05) is 0 Å². The van der Waals surface area contributed by atoms with E-state index in [0.29, 0.717) is 5.56 Å². The molecule has 0 amide bonds. The Kier molecular flexibility index (Phi) is 3.10. The summed E-state index contributed by atoms with van der Waals surface area (Å²) < 4.78 is 27.0. The highest BCUT2D eigenvalue weighted by Crippen LogP contribution is 2.27. The lowest BCUT2D eigenvalue weighted by Gasteiger charge is -2.10. The molecule has 5 heteroatoms. The van der Waals surface area contributed by atoms with Crippen LogP contribution in [0.1, 0.15) is 18.6 Å². The fraction of sp³-hybridized carbons (Fsp3) is 0.167. The number of hydrogen-bond donors (Lipinski definition) is 1. The molecule has 2 rings (SSSR count). The maximum atomic E-state index is 13.6. The van der Waals surface area contributed by atoms with Gasteiger partial charge in [-0.2, -0.15) is 0 Å². The Morgan fingerprint density at radius 2 is 1.76 bits per heavy atom. The summed E-state index contributed by atoms with van der Waals surface area (Å²) in [5.74, 6) is -1.47. The first-order valence-electron chi connectivity index (χ1n) is 5.02. The molecule has 0 aliphatic rings. The van der Waals surface area contributed by atoms with Gasteiger partial charge in [0.2, 0.25) is 0 Å². The third-order valence-corrected chi connectivity index (χ3v) is 2.41. The molecule has 0 saturated carbocycles. The Balaban J connectivity index is 2.59. The predicted octanol–water partition coefficient (Wildman–Crippen LogP) is 2.48. The van der Waals surface area contributed by atoms with Crippen molar-refractivity contribution in [1.29, 1.82) is 0 Å². The van der Waals surface area contributed by atoms with Gasteiger partial charge >= 0.3 is 0 Å². The lowest BCUT2D eigenvalue weighted by Crippen LogP contribution is -1.99. The Morgan fingerprint density at radius 3 is 2.35 bits per heavy atom. The van der Waals surface area contributed by atoms with Gasteiger partial charge in [0, 0.05) is 35.2 Å². The Bertz CT molecular complexity index is 530. The van der Waals surface area contributed by atoms with E-state index in [0.717, 1.165) is 6.07 Å². The average molecular weight is 236 g/mol. The summed E-state index contributed by atoms with van der Waals surface area (Å²) in [7, 11) is 0. The zero-order valence-corrected chi connectivity index (χ0v) is 9.06. The standard InChI is InChI=1S/C12H10F2N2O/c1-7(17)9-2-10(12(14)3-11(9)13)8-4-15-6-16-5-8/h2-7,17H,1H3. The molecule has 0 aliphatic heterocycles. The van der Waals surface area contributed by atoms with Gasteiger partial charge in [0.15, 0.2) is 0 Å². The predicted molar refractivity (Wildman–Crippen MR) is 58.0 cm³/mol. The van der Waals surface area contributed by atoms with Gasteiger partial charge in [-0.3, -0.25) is 0 Å². The highest BCUT2D eigenvalue weighted by Gasteiger charge is 2.14. The molecule has 2 aromatic rings. The molecule has 0 aliphatic carbocycles. The van der Waals surface area contributed by atoms with E-state index in [1.54, 1.807) is 0 Å². The van der Waals surface area contributed by atoms with Gasteiger partial charge < -0.3 is 5.11 Å². The van der Waals surface area contributed by atoms with Crippen molar-refractivity contribution in [3.63, 3.8) is 0 Å². The Hall–Kier alpha value is -1.88. The second-order valence-electron chi connectivity index (χ2n) is 3.66. The fourth-order valence-electron chi connectivity index (χ4n) is 1.55. The summed E-state index contributed by atoms with van der Waals surface area (Å²) in [6.07, 6.45) is 3.17. The lowest BCUT2D eigenvalue weighted by atomic mass is 10.0. The maximum absolute atomic E-state index is 13.6. The van der Waals surface area contributed by atoms with Gasteiger partial charge in [-0.05, 0) is 13.0 Å². The molecule has 1 heterocycles. The van der Waals surface area contributed by atoms with Crippen molar-refractivity contribution in [2.45, 2.75) is 13.0 Å². The number of aromatic nitrogens is 2. The minimum absolute atomic E-state index is 0.0465. The summed E-state index contributed by atoms with van der Waals surface area (Å²) in [4.78, 5) is 7.53. The smallest absolute Gasteiger partial charge is 0.134 e. The van der Waals surface area contributed by atoms with Gasteiger partial charge in [0.05, 0.1) is 6.10 Å². The van der Waals surface area contributed by atoms with Crippen molar-refractivity contribution in [3.8, 4) is 11.1 Å². The SMILES string of the molecule is CC(O)c1cc(-c2cncnc2)c(F)cc1F. The fourth-order valence-corrected chi connectivity index (χ4v) is 1.55. The van der Waals surface area contributed by atoms with Gasteiger partial charge in [-0.1, -0.05) is 0 Å². The molecular formula is C12H10F2N2O. The van der Waals surface area contributed by atoms with Crippen LogP contribution in [0.2, 0.25) is 0 Å². The van der Waals surface area contributed by atoms with Crippen molar-refractivity contribution in [2.24, 2.45) is 0 Å². The van der Waals surface area contributed by atoms with E-state index in [9.17, 15) is 13.9 Å². The summed E-state index contributed by atoms with van der Waals surface area (Å²) in [5, 5.41) is 9.37.